The Morgan fingerprint density at radius 2 is 1.88 bits per heavy atom. The van der Waals surface area contributed by atoms with Crippen LogP contribution in [0.25, 0.3) is 11.2 Å². The van der Waals surface area contributed by atoms with Crippen molar-refractivity contribution in [2.24, 2.45) is 7.05 Å². The zero-order chi connectivity index (χ0) is 23.7. The third-order valence-electron chi connectivity index (χ3n) is 5.56. The molecule has 2 aromatic heterocycles. The van der Waals surface area contributed by atoms with E-state index in [1.165, 1.54) is 21.3 Å². The zero-order valence-corrected chi connectivity index (χ0v) is 18.3. The number of hydrogen-bond donors (Lipinski definition) is 1. The third kappa shape index (κ3) is 4.09. The number of fused-ring (bicyclic) bond motifs is 1. The summed E-state index contributed by atoms with van der Waals surface area (Å²) in [6, 6.07) is 6.07. The smallest absolute Gasteiger partial charge is 0.338 e. The minimum Gasteiger partial charge on any atom is -0.454 e. The minimum atomic E-state index is -0.680. The van der Waals surface area contributed by atoms with Crippen LogP contribution in [0.1, 0.15) is 48.8 Å². The number of H-pyrrole nitrogens is 1. The number of rotatable bonds is 7. The molecule has 1 fully saturated rings. The fourth-order valence-electron chi connectivity index (χ4n) is 3.79. The molecule has 0 saturated carbocycles. The topological polar surface area (TPSA) is 136 Å². The van der Waals surface area contributed by atoms with Crippen molar-refractivity contribution in [1.82, 2.24) is 19.1 Å². The number of esters is 1. The second-order valence-electron chi connectivity index (χ2n) is 7.77. The molecular weight excluding hydrogens is 430 g/mol. The first-order valence-corrected chi connectivity index (χ1v) is 10.6. The van der Waals surface area contributed by atoms with E-state index < -0.39 is 17.2 Å². The molecule has 0 bridgehead atoms. The van der Waals surface area contributed by atoms with Crippen LogP contribution in [0, 0.1) is 0 Å². The van der Waals surface area contributed by atoms with Crippen LogP contribution >= 0.6 is 0 Å². The van der Waals surface area contributed by atoms with Gasteiger partial charge in [-0.1, -0.05) is 19.4 Å². The summed E-state index contributed by atoms with van der Waals surface area (Å²) < 4.78 is 8.27. The number of carbonyl (C=O) groups excluding carboxylic acids is 3. The van der Waals surface area contributed by atoms with Gasteiger partial charge in [-0.15, -0.1) is 0 Å². The second kappa shape index (κ2) is 8.85. The Balaban J connectivity index is 1.58. The SMILES string of the molecule is CCCCn1c(=O)[nH]c(=O)c2c1nc(COC(=O)c1cccc(N3C(=O)CCC3=O)c1)n2C. The van der Waals surface area contributed by atoms with E-state index in [-0.39, 0.29) is 48.0 Å². The molecule has 0 spiro atoms. The predicted octanol–water partition coefficient (Wildman–Crippen LogP) is 1.23. The number of unbranched alkanes of at least 4 members (excludes halogenated alkanes) is 1. The lowest BCUT2D eigenvalue weighted by atomic mass is 10.2. The van der Waals surface area contributed by atoms with Crippen LogP contribution in [0.3, 0.4) is 0 Å². The molecule has 1 N–H and O–H groups in total. The lowest BCUT2D eigenvalue weighted by molar-refractivity contribution is -0.121. The Hall–Kier alpha value is -4.02. The number of nitrogens with one attached hydrogen (secondary N) is 1. The maximum atomic E-state index is 12.6. The van der Waals surface area contributed by atoms with Crippen molar-refractivity contribution >= 4 is 34.6 Å². The van der Waals surface area contributed by atoms with Crippen LogP contribution in [-0.4, -0.2) is 36.9 Å². The average Bonchev–Trinajstić information content (AvgIpc) is 3.30. The Labute approximate surface area is 187 Å². The summed E-state index contributed by atoms with van der Waals surface area (Å²) in [6.07, 6.45) is 1.88. The summed E-state index contributed by atoms with van der Waals surface area (Å²) in [4.78, 5) is 68.9. The number of aromatic nitrogens is 4. The number of amides is 2. The van der Waals surface area contributed by atoms with E-state index in [0.29, 0.717) is 18.1 Å². The normalized spacial score (nSPS) is 13.8. The predicted molar refractivity (Wildman–Crippen MR) is 118 cm³/mol. The maximum absolute atomic E-state index is 12.6. The summed E-state index contributed by atoms with van der Waals surface area (Å²) in [5.41, 5.74) is -0.181. The molecule has 3 aromatic rings. The fraction of sp³-hybridized carbons (Fsp3) is 0.364. The molecule has 11 nitrogen and oxygen atoms in total. The lowest BCUT2D eigenvalue weighted by Crippen LogP contribution is -2.31. The van der Waals surface area contributed by atoms with Crippen molar-refractivity contribution in [1.29, 1.82) is 0 Å². The zero-order valence-electron chi connectivity index (χ0n) is 18.3. The number of hydrogen-bond acceptors (Lipinski definition) is 7. The Bertz CT molecular complexity index is 1370. The van der Waals surface area contributed by atoms with Crippen LogP contribution in [0.2, 0.25) is 0 Å². The van der Waals surface area contributed by atoms with Gasteiger partial charge in [-0.3, -0.25) is 28.8 Å². The first-order chi connectivity index (χ1) is 15.8. The highest BCUT2D eigenvalue weighted by Gasteiger charge is 2.30. The monoisotopic (exact) mass is 453 g/mol. The molecule has 11 heteroatoms. The van der Waals surface area contributed by atoms with E-state index in [1.54, 1.807) is 19.2 Å². The van der Waals surface area contributed by atoms with Gasteiger partial charge in [0.1, 0.15) is 12.4 Å². The Kier molecular flexibility index (Phi) is 5.95. The number of aryl methyl sites for hydroxylation is 2. The van der Waals surface area contributed by atoms with Crippen molar-refractivity contribution in [3.8, 4) is 0 Å². The molecule has 1 aromatic carbocycles. The first kappa shape index (κ1) is 22.2. The fourth-order valence-corrected chi connectivity index (χ4v) is 3.79. The lowest BCUT2D eigenvalue weighted by Gasteiger charge is -2.14. The number of ether oxygens (including phenoxy) is 1. The van der Waals surface area contributed by atoms with Crippen molar-refractivity contribution in [3.05, 3.63) is 56.5 Å². The van der Waals surface area contributed by atoms with Gasteiger partial charge in [0.2, 0.25) is 11.8 Å². The highest BCUT2D eigenvalue weighted by Crippen LogP contribution is 2.24. The average molecular weight is 453 g/mol. The van der Waals surface area contributed by atoms with Crippen LogP contribution in [-0.2, 0) is 34.5 Å². The van der Waals surface area contributed by atoms with Crippen molar-refractivity contribution in [2.75, 3.05) is 4.90 Å². The first-order valence-electron chi connectivity index (χ1n) is 10.6. The van der Waals surface area contributed by atoms with Crippen LogP contribution < -0.4 is 16.1 Å². The van der Waals surface area contributed by atoms with E-state index in [4.69, 9.17) is 4.74 Å². The van der Waals surface area contributed by atoms with Crippen LogP contribution in [0.5, 0.6) is 0 Å². The number of carbonyl (C=O) groups is 3. The number of aromatic amines is 1. The molecule has 172 valence electrons. The van der Waals surface area contributed by atoms with Crippen LogP contribution in [0.15, 0.2) is 33.9 Å². The van der Waals surface area contributed by atoms with Gasteiger partial charge in [0.25, 0.3) is 5.56 Å². The highest BCUT2D eigenvalue weighted by molar-refractivity contribution is 6.20. The third-order valence-corrected chi connectivity index (χ3v) is 5.56. The number of imidazole rings is 1. The molecule has 0 aliphatic carbocycles. The summed E-state index contributed by atoms with van der Waals surface area (Å²) in [6.45, 7) is 2.15. The molecule has 0 unspecified atom stereocenters. The van der Waals surface area contributed by atoms with Gasteiger partial charge in [-0.2, -0.15) is 0 Å². The van der Waals surface area contributed by atoms with Crippen molar-refractivity contribution < 1.29 is 19.1 Å². The summed E-state index contributed by atoms with van der Waals surface area (Å²) in [5.74, 6) is -1.02. The van der Waals surface area contributed by atoms with E-state index in [1.807, 2.05) is 6.92 Å². The van der Waals surface area contributed by atoms with Gasteiger partial charge in [0.05, 0.1) is 11.3 Å². The van der Waals surface area contributed by atoms with Gasteiger partial charge in [-0.25, -0.2) is 14.6 Å². The Morgan fingerprint density at radius 1 is 1.15 bits per heavy atom. The summed E-state index contributed by atoms with van der Waals surface area (Å²) >= 11 is 0. The number of benzene rings is 1. The molecule has 4 rings (SSSR count). The largest absolute Gasteiger partial charge is 0.454 e. The molecule has 33 heavy (non-hydrogen) atoms. The van der Waals surface area contributed by atoms with E-state index in [9.17, 15) is 24.0 Å². The highest BCUT2D eigenvalue weighted by atomic mass is 16.5. The Morgan fingerprint density at radius 3 is 2.58 bits per heavy atom. The van der Waals surface area contributed by atoms with Gasteiger partial charge in [0, 0.05) is 26.4 Å². The number of anilines is 1. The van der Waals surface area contributed by atoms with E-state index >= 15 is 0 Å². The van der Waals surface area contributed by atoms with Crippen molar-refractivity contribution in [3.63, 3.8) is 0 Å². The minimum absolute atomic E-state index is 0.142. The number of nitrogens with zero attached hydrogens (tertiary/aromatic N) is 4. The van der Waals surface area contributed by atoms with Crippen molar-refractivity contribution in [2.45, 2.75) is 45.8 Å². The molecule has 1 aliphatic heterocycles. The summed E-state index contributed by atoms with van der Waals surface area (Å²) in [5, 5.41) is 0. The molecule has 0 atom stereocenters. The van der Waals surface area contributed by atoms with Gasteiger partial charge >= 0.3 is 11.7 Å². The van der Waals surface area contributed by atoms with Gasteiger partial charge in [-0.05, 0) is 24.6 Å². The van der Waals surface area contributed by atoms with Gasteiger partial charge in [0.15, 0.2) is 11.2 Å². The molecule has 1 aliphatic rings. The van der Waals surface area contributed by atoms with Crippen LogP contribution in [0.4, 0.5) is 5.69 Å². The summed E-state index contributed by atoms with van der Waals surface area (Å²) in [7, 11) is 1.60. The quantitative estimate of drug-likeness (QED) is 0.420. The molecule has 2 amide bonds. The maximum Gasteiger partial charge on any atom is 0.338 e. The molecular formula is C22H23N5O6. The van der Waals surface area contributed by atoms with E-state index in [0.717, 1.165) is 17.7 Å². The molecule has 0 radical (unpaired) electrons. The standard InChI is InChI=1S/C22H23N5O6/c1-3-4-10-26-19-18(20(30)24-22(26)32)25(2)15(23-19)12-33-21(31)13-6-5-7-14(11-13)27-16(28)8-9-17(27)29/h5-7,11H,3-4,8-10,12H2,1-2H3,(H,24,30,32). The van der Waals surface area contributed by atoms with Gasteiger partial charge < -0.3 is 9.30 Å². The second-order valence-corrected chi connectivity index (χ2v) is 7.77. The number of imide groups is 1. The van der Waals surface area contributed by atoms with E-state index in [2.05, 4.69) is 9.97 Å². The molecule has 3 heterocycles. The molecule has 1 saturated heterocycles.